The van der Waals surface area contributed by atoms with E-state index in [1.54, 1.807) is 0 Å². The molecule has 8 aromatic carbocycles. The predicted molar refractivity (Wildman–Crippen MR) is 222 cm³/mol. The van der Waals surface area contributed by atoms with Gasteiger partial charge in [-0.3, -0.25) is 0 Å². The van der Waals surface area contributed by atoms with Crippen LogP contribution in [0.3, 0.4) is 0 Å². The maximum absolute atomic E-state index is 9.54. The lowest BCUT2D eigenvalue weighted by atomic mass is 9.97. The number of fused-ring (bicyclic) bond motifs is 4. The zero-order chi connectivity index (χ0) is 36.7. The van der Waals surface area contributed by atoms with Gasteiger partial charge in [0.25, 0.3) is 0 Å². The van der Waals surface area contributed by atoms with Crippen LogP contribution >= 0.6 is 0 Å². The number of benzene rings is 8. The van der Waals surface area contributed by atoms with Gasteiger partial charge in [-0.2, -0.15) is 5.26 Å². The van der Waals surface area contributed by atoms with Crippen molar-refractivity contribution < 1.29 is 4.42 Å². The molecule has 256 valence electrons. The Bertz CT molecular complexity index is 3120. The summed E-state index contributed by atoms with van der Waals surface area (Å²) >= 11 is 0. The Morgan fingerprint density at radius 2 is 0.945 bits per heavy atom. The molecule has 5 heteroatoms. The highest BCUT2D eigenvalue weighted by molar-refractivity contribution is 6.13. The van der Waals surface area contributed by atoms with E-state index in [0.29, 0.717) is 23.0 Å². The molecule has 0 amide bonds. The second-order valence-corrected chi connectivity index (χ2v) is 13.6. The first-order valence-electron chi connectivity index (χ1n) is 18.1. The van der Waals surface area contributed by atoms with Crippen LogP contribution in [0.5, 0.6) is 0 Å². The fourth-order valence-corrected chi connectivity index (χ4v) is 7.40. The number of nitriles is 1. The zero-order valence-electron chi connectivity index (χ0n) is 29.5. The van der Waals surface area contributed by atoms with Crippen molar-refractivity contribution >= 4 is 32.7 Å². The second-order valence-electron chi connectivity index (χ2n) is 13.6. The maximum Gasteiger partial charge on any atom is 0.164 e. The van der Waals surface area contributed by atoms with Crippen LogP contribution in [-0.2, 0) is 0 Å². The minimum Gasteiger partial charge on any atom is -0.456 e. The summed E-state index contributed by atoms with van der Waals surface area (Å²) in [5.41, 5.74) is 11.1. The van der Waals surface area contributed by atoms with Gasteiger partial charge in [-0.05, 0) is 92.7 Å². The quantitative estimate of drug-likeness (QED) is 0.172. The number of hydrogen-bond donors (Lipinski definition) is 0. The van der Waals surface area contributed by atoms with Gasteiger partial charge in [-0.15, -0.1) is 0 Å². The lowest BCUT2D eigenvalue weighted by molar-refractivity contribution is 0.669. The Kier molecular flexibility index (Phi) is 7.79. The van der Waals surface area contributed by atoms with Gasteiger partial charge in [0, 0.05) is 27.5 Å². The lowest BCUT2D eigenvalue weighted by Gasteiger charge is -2.11. The van der Waals surface area contributed by atoms with E-state index in [1.165, 1.54) is 10.8 Å². The van der Waals surface area contributed by atoms with Crippen molar-refractivity contribution in [2.45, 2.75) is 0 Å². The summed E-state index contributed by atoms with van der Waals surface area (Å²) in [4.78, 5) is 15.2. The first-order chi connectivity index (χ1) is 27.2. The molecule has 0 N–H and O–H groups in total. The molecule has 0 atom stereocenters. The summed E-state index contributed by atoms with van der Waals surface area (Å²) in [6.07, 6.45) is 0. The van der Waals surface area contributed by atoms with Crippen molar-refractivity contribution in [1.29, 1.82) is 5.26 Å². The van der Waals surface area contributed by atoms with Crippen LogP contribution in [0.4, 0.5) is 0 Å². The van der Waals surface area contributed by atoms with E-state index in [4.69, 9.17) is 19.4 Å². The zero-order valence-corrected chi connectivity index (χ0v) is 29.5. The molecule has 0 aliphatic heterocycles. The summed E-state index contributed by atoms with van der Waals surface area (Å²) in [5.74, 6) is 1.66. The number of nitrogens with zero attached hydrogens (tertiary/aromatic N) is 4. The summed E-state index contributed by atoms with van der Waals surface area (Å²) in [6.45, 7) is 0. The van der Waals surface area contributed by atoms with Gasteiger partial charge in [0.1, 0.15) is 11.2 Å². The molecular formula is C50H30N4O. The Labute approximate surface area is 317 Å². The molecule has 0 saturated heterocycles. The van der Waals surface area contributed by atoms with E-state index in [1.807, 2.05) is 84.9 Å². The predicted octanol–water partition coefficient (Wildman–Crippen LogP) is 12.8. The first-order valence-corrected chi connectivity index (χ1v) is 18.1. The topological polar surface area (TPSA) is 75.6 Å². The monoisotopic (exact) mass is 702 g/mol. The standard InChI is InChI=1S/C50H30N4O/c51-31-32-10-6-15-35(26-32)38-17-8-19-41(29-38)49-52-48(40-18-7-16-37(28-40)33-11-2-1-3-12-33)53-50(54-49)42-24-25-44-46(30-42)55-45-21-9-20-43(47(44)45)39-23-22-34-13-4-5-14-36(34)27-39/h1-30H. The highest BCUT2D eigenvalue weighted by Gasteiger charge is 2.17. The minimum atomic E-state index is 0.541. The molecule has 2 heterocycles. The SMILES string of the molecule is N#Cc1cccc(-c2cccc(-c3nc(-c4cccc(-c5ccccc5)c4)nc(-c4ccc5c(c4)oc4cccc(-c6ccc7ccccc7c6)c45)n3)c2)c1. The summed E-state index contributed by atoms with van der Waals surface area (Å²) in [7, 11) is 0. The molecule has 10 aromatic rings. The van der Waals surface area contributed by atoms with Gasteiger partial charge in [-0.25, -0.2) is 15.0 Å². The third kappa shape index (κ3) is 5.98. The van der Waals surface area contributed by atoms with Gasteiger partial charge in [-0.1, -0.05) is 133 Å². The molecule has 0 aliphatic rings. The molecule has 55 heavy (non-hydrogen) atoms. The summed E-state index contributed by atoms with van der Waals surface area (Å²) < 4.78 is 6.55. The van der Waals surface area contributed by atoms with Gasteiger partial charge in [0.2, 0.25) is 0 Å². The molecule has 0 saturated carbocycles. The average Bonchev–Trinajstić information content (AvgIpc) is 3.65. The Hall–Kier alpha value is -7.68. The van der Waals surface area contributed by atoms with Crippen LogP contribution in [0, 0.1) is 11.3 Å². The largest absolute Gasteiger partial charge is 0.456 e. The summed E-state index contributed by atoms with van der Waals surface area (Å²) in [6, 6.07) is 64.1. The molecule has 0 unspecified atom stereocenters. The smallest absolute Gasteiger partial charge is 0.164 e. The molecule has 0 bridgehead atoms. The van der Waals surface area contributed by atoms with Crippen LogP contribution in [-0.4, -0.2) is 15.0 Å². The van der Waals surface area contributed by atoms with Gasteiger partial charge in [0.15, 0.2) is 17.5 Å². The fraction of sp³-hybridized carbons (Fsp3) is 0. The van der Waals surface area contributed by atoms with Crippen molar-refractivity contribution in [2.75, 3.05) is 0 Å². The van der Waals surface area contributed by atoms with Crippen molar-refractivity contribution in [3.63, 3.8) is 0 Å². The van der Waals surface area contributed by atoms with E-state index in [9.17, 15) is 5.26 Å². The maximum atomic E-state index is 9.54. The van der Waals surface area contributed by atoms with E-state index >= 15 is 0 Å². The minimum absolute atomic E-state index is 0.541. The summed E-state index contributed by atoms with van der Waals surface area (Å²) in [5, 5.41) is 14.0. The van der Waals surface area contributed by atoms with Crippen LogP contribution in [0.25, 0.3) is 100 Å². The molecule has 0 aliphatic carbocycles. The number of rotatable bonds is 6. The highest BCUT2D eigenvalue weighted by Crippen LogP contribution is 2.39. The van der Waals surface area contributed by atoms with E-state index in [0.717, 1.165) is 72.0 Å². The van der Waals surface area contributed by atoms with Crippen LogP contribution in [0.15, 0.2) is 186 Å². The second kappa shape index (κ2) is 13.4. The number of furan rings is 1. The molecule has 2 aromatic heterocycles. The van der Waals surface area contributed by atoms with Crippen molar-refractivity contribution in [3.8, 4) is 73.6 Å². The fourth-order valence-electron chi connectivity index (χ4n) is 7.40. The first kappa shape index (κ1) is 32.0. The van der Waals surface area contributed by atoms with Crippen LogP contribution in [0.2, 0.25) is 0 Å². The van der Waals surface area contributed by atoms with Crippen molar-refractivity contribution in [3.05, 3.63) is 188 Å². The number of aromatic nitrogens is 3. The van der Waals surface area contributed by atoms with E-state index < -0.39 is 0 Å². The van der Waals surface area contributed by atoms with Gasteiger partial charge in [0.05, 0.1) is 11.6 Å². The van der Waals surface area contributed by atoms with Crippen LogP contribution in [0.1, 0.15) is 5.56 Å². The van der Waals surface area contributed by atoms with E-state index in [2.05, 4.69) is 103 Å². The van der Waals surface area contributed by atoms with Crippen molar-refractivity contribution in [1.82, 2.24) is 15.0 Å². The van der Waals surface area contributed by atoms with E-state index in [-0.39, 0.29) is 0 Å². The molecule has 10 rings (SSSR count). The molecular weight excluding hydrogens is 673 g/mol. The van der Waals surface area contributed by atoms with Crippen molar-refractivity contribution in [2.24, 2.45) is 0 Å². The molecule has 0 radical (unpaired) electrons. The third-order valence-corrected chi connectivity index (χ3v) is 10.1. The molecule has 0 fully saturated rings. The average molecular weight is 703 g/mol. The van der Waals surface area contributed by atoms with Crippen LogP contribution < -0.4 is 0 Å². The molecule has 0 spiro atoms. The van der Waals surface area contributed by atoms with Gasteiger partial charge >= 0.3 is 0 Å². The number of hydrogen-bond acceptors (Lipinski definition) is 5. The highest BCUT2D eigenvalue weighted by atomic mass is 16.3. The van der Waals surface area contributed by atoms with Gasteiger partial charge < -0.3 is 4.42 Å². The Morgan fingerprint density at radius 1 is 0.382 bits per heavy atom. The normalized spacial score (nSPS) is 11.3. The third-order valence-electron chi connectivity index (χ3n) is 10.1. The Balaban J connectivity index is 1.12. The Morgan fingerprint density at radius 3 is 1.67 bits per heavy atom. The lowest BCUT2D eigenvalue weighted by Crippen LogP contribution is -2.00. The molecule has 5 nitrogen and oxygen atoms in total.